The van der Waals surface area contributed by atoms with Crippen LogP contribution in [0.3, 0.4) is 0 Å². The summed E-state index contributed by atoms with van der Waals surface area (Å²) >= 11 is 0. The van der Waals surface area contributed by atoms with E-state index in [-0.39, 0.29) is 5.92 Å². The topological polar surface area (TPSA) is 0 Å². The second-order valence-electron chi connectivity index (χ2n) is 3.75. The third kappa shape index (κ3) is 1.14. The van der Waals surface area contributed by atoms with Gasteiger partial charge in [-0.25, -0.2) is 0 Å². The molecule has 1 fully saturated rings. The fraction of sp³-hybridized carbons (Fsp3) is 1.00. The van der Waals surface area contributed by atoms with E-state index in [1.54, 1.807) is 6.92 Å². The molecule has 2 atom stereocenters. The molecule has 0 nitrogen and oxygen atoms in total. The first-order valence-electron chi connectivity index (χ1n) is 4.46. The van der Waals surface area contributed by atoms with Crippen LogP contribution < -0.4 is 0 Å². The molecule has 1 aliphatic carbocycles. The van der Waals surface area contributed by atoms with Gasteiger partial charge in [-0.2, -0.15) is 13.2 Å². The van der Waals surface area contributed by atoms with Gasteiger partial charge in [0.2, 0.25) is 0 Å². The van der Waals surface area contributed by atoms with E-state index in [0.717, 1.165) is 0 Å². The lowest BCUT2D eigenvalue weighted by Crippen LogP contribution is -2.16. The van der Waals surface area contributed by atoms with Gasteiger partial charge < -0.3 is 0 Å². The second kappa shape index (κ2) is 2.64. The van der Waals surface area contributed by atoms with Crippen LogP contribution in [-0.2, 0) is 0 Å². The zero-order valence-corrected chi connectivity index (χ0v) is 7.70. The summed E-state index contributed by atoms with van der Waals surface area (Å²) in [5.74, 6) is -1.22. The Hall–Kier alpha value is -0.210. The van der Waals surface area contributed by atoms with Crippen LogP contribution in [0.2, 0.25) is 0 Å². The number of rotatable bonds is 2. The molecule has 0 bridgehead atoms. The van der Waals surface area contributed by atoms with Crippen LogP contribution in [0.4, 0.5) is 13.2 Å². The zero-order chi connectivity index (χ0) is 9.57. The fourth-order valence-corrected chi connectivity index (χ4v) is 2.64. The zero-order valence-electron chi connectivity index (χ0n) is 7.70. The first-order valence-corrected chi connectivity index (χ1v) is 4.46. The van der Waals surface area contributed by atoms with Crippen LogP contribution in [0.5, 0.6) is 0 Å². The molecule has 72 valence electrons. The molecule has 1 aliphatic rings. The Labute approximate surface area is 71.1 Å². The van der Waals surface area contributed by atoms with Crippen molar-refractivity contribution in [3.63, 3.8) is 0 Å². The summed E-state index contributed by atoms with van der Waals surface area (Å²) in [5.41, 5.74) is -0.432. The molecule has 0 heterocycles. The monoisotopic (exact) mass is 180 g/mol. The van der Waals surface area contributed by atoms with E-state index in [2.05, 4.69) is 0 Å². The minimum Gasteiger partial charge on any atom is -0.171 e. The van der Waals surface area contributed by atoms with Gasteiger partial charge in [-0.15, -0.1) is 0 Å². The smallest absolute Gasteiger partial charge is 0.171 e. The molecule has 0 aromatic heterocycles. The molecule has 0 amide bonds. The number of hydrogen-bond donors (Lipinski definition) is 0. The number of alkyl halides is 3. The van der Waals surface area contributed by atoms with Gasteiger partial charge >= 0.3 is 6.18 Å². The molecule has 0 aromatic carbocycles. The first-order chi connectivity index (χ1) is 5.40. The van der Waals surface area contributed by atoms with Gasteiger partial charge in [0.25, 0.3) is 0 Å². The Morgan fingerprint density at radius 3 is 1.67 bits per heavy atom. The van der Waals surface area contributed by atoms with Gasteiger partial charge in [0, 0.05) is 0 Å². The highest BCUT2D eigenvalue weighted by Crippen LogP contribution is 2.68. The lowest BCUT2D eigenvalue weighted by Gasteiger charge is -2.13. The van der Waals surface area contributed by atoms with E-state index < -0.39 is 17.5 Å². The predicted octanol–water partition coefficient (Wildman–Crippen LogP) is 3.62. The minimum absolute atomic E-state index is 0.174. The van der Waals surface area contributed by atoms with Crippen molar-refractivity contribution in [2.24, 2.45) is 17.3 Å². The summed E-state index contributed by atoms with van der Waals surface area (Å²) in [6.45, 7) is 5.42. The molecule has 12 heavy (non-hydrogen) atoms. The summed E-state index contributed by atoms with van der Waals surface area (Å²) in [4.78, 5) is 0. The molecular weight excluding hydrogens is 165 g/mol. The summed E-state index contributed by atoms with van der Waals surface area (Å²) in [6, 6.07) is 0. The Bertz CT molecular complexity index is 167. The van der Waals surface area contributed by atoms with E-state index in [4.69, 9.17) is 0 Å². The van der Waals surface area contributed by atoms with Crippen LogP contribution in [0.15, 0.2) is 0 Å². The van der Waals surface area contributed by atoms with Crippen molar-refractivity contribution >= 4 is 0 Å². The molecule has 0 N–H and O–H groups in total. The van der Waals surface area contributed by atoms with Crippen LogP contribution >= 0.6 is 0 Å². The third-order valence-corrected chi connectivity index (χ3v) is 3.59. The van der Waals surface area contributed by atoms with Crippen molar-refractivity contribution in [2.75, 3.05) is 0 Å². The van der Waals surface area contributed by atoms with E-state index >= 15 is 0 Å². The molecule has 2 unspecified atom stereocenters. The molecule has 0 saturated heterocycles. The van der Waals surface area contributed by atoms with E-state index in [1.807, 2.05) is 13.8 Å². The summed E-state index contributed by atoms with van der Waals surface area (Å²) < 4.78 is 37.1. The maximum absolute atomic E-state index is 12.4. The number of halogens is 3. The molecule has 0 aliphatic heterocycles. The maximum atomic E-state index is 12.4. The van der Waals surface area contributed by atoms with E-state index in [9.17, 15) is 13.2 Å². The average molecular weight is 180 g/mol. The van der Waals surface area contributed by atoms with Gasteiger partial charge in [-0.05, 0) is 24.2 Å². The SMILES string of the molecule is CCC1(CC)C(C)C1C(F)(F)F. The highest BCUT2D eigenvalue weighted by atomic mass is 19.4. The summed E-state index contributed by atoms with van der Waals surface area (Å²) in [5, 5.41) is 0. The second-order valence-corrected chi connectivity index (χ2v) is 3.75. The van der Waals surface area contributed by atoms with Crippen LogP contribution in [0.1, 0.15) is 33.6 Å². The standard InChI is InChI=1S/C9H15F3/c1-4-8(5-2)6(3)7(8)9(10,11)12/h6-7H,4-5H2,1-3H3. The minimum atomic E-state index is -3.98. The van der Waals surface area contributed by atoms with E-state index in [0.29, 0.717) is 12.8 Å². The van der Waals surface area contributed by atoms with E-state index in [1.165, 1.54) is 0 Å². The lowest BCUT2D eigenvalue weighted by atomic mass is 9.95. The molecule has 0 spiro atoms. The molecule has 1 rings (SSSR count). The van der Waals surface area contributed by atoms with Gasteiger partial charge in [-0.1, -0.05) is 20.8 Å². The van der Waals surface area contributed by atoms with Crippen molar-refractivity contribution in [1.29, 1.82) is 0 Å². The maximum Gasteiger partial charge on any atom is 0.392 e. The van der Waals surface area contributed by atoms with Crippen LogP contribution in [0.25, 0.3) is 0 Å². The van der Waals surface area contributed by atoms with Crippen molar-refractivity contribution in [3.05, 3.63) is 0 Å². The third-order valence-electron chi connectivity index (χ3n) is 3.59. The first kappa shape index (κ1) is 9.87. The molecule has 1 saturated carbocycles. The Kier molecular flexibility index (Phi) is 2.17. The summed E-state index contributed by atoms with van der Waals surface area (Å²) in [6.07, 6.45) is -2.69. The van der Waals surface area contributed by atoms with Crippen LogP contribution in [0, 0.1) is 17.3 Å². The molecule has 0 radical (unpaired) electrons. The lowest BCUT2D eigenvalue weighted by molar-refractivity contribution is -0.158. The van der Waals surface area contributed by atoms with Crippen molar-refractivity contribution < 1.29 is 13.2 Å². The summed E-state index contributed by atoms with van der Waals surface area (Å²) in [7, 11) is 0. The van der Waals surface area contributed by atoms with Gasteiger partial charge in [0.05, 0.1) is 5.92 Å². The fourth-order valence-electron chi connectivity index (χ4n) is 2.64. The highest BCUT2D eigenvalue weighted by molar-refractivity contribution is 5.09. The van der Waals surface area contributed by atoms with Gasteiger partial charge in [0.15, 0.2) is 0 Å². The van der Waals surface area contributed by atoms with Crippen LogP contribution in [-0.4, -0.2) is 6.18 Å². The van der Waals surface area contributed by atoms with Crippen molar-refractivity contribution in [3.8, 4) is 0 Å². The molecule has 3 heteroatoms. The Balaban J connectivity index is 2.74. The Morgan fingerprint density at radius 2 is 1.58 bits per heavy atom. The average Bonchev–Trinajstić information content (AvgIpc) is 2.55. The Morgan fingerprint density at radius 1 is 1.17 bits per heavy atom. The number of hydrogen-bond acceptors (Lipinski definition) is 0. The van der Waals surface area contributed by atoms with Gasteiger partial charge in [0.1, 0.15) is 0 Å². The molecule has 0 aromatic rings. The molecular formula is C9H15F3. The largest absolute Gasteiger partial charge is 0.392 e. The quantitative estimate of drug-likeness (QED) is 0.608. The predicted molar refractivity (Wildman–Crippen MR) is 41.7 cm³/mol. The van der Waals surface area contributed by atoms with Crippen molar-refractivity contribution in [1.82, 2.24) is 0 Å². The highest BCUT2D eigenvalue weighted by Gasteiger charge is 2.70. The van der Waals surface area contributed by atoms with Crippen molar-refractivity contribution in [2.45, 2.75) is 39.8 Å². The van der Waals surface area contributed by atoms with Gasteiger partial charge in [-0.3, -0.25) is 0 Å². The normalized spacial score (nSPS) is 33.5.